The molecule has 3 aromatic rings. The molecular weight excluding hydrogens is 254 g/mol. The van der Waals surface area contributed by atoms with Gasteiger partial charge in [0.05, 0.1) is 10.9 Å². The van der Waals surface area contributed by atoms with E-state index in [-0.39, 0.29) is 11.2 Å². The maximum absolute atomic E-state index is 12.3. The average Bonchev–Trinajstić information content (AvgIpc) is 2.48. The molecule has 0 aliphatic rings. The highest BCUT2D eigenvalue weighted by Gasteiger charge is 2.07. The predicted octanol–water partition coefficient (Wildman–Crippen LogP) is 1.33. The SMILES string of the molecule is O=c1[nH]c2ccccc2c(=O)n1CCc1ccccn1. The number of pyridine rings is 1. The first-order valence-corrected chi connectivity index (χ1v) is 6.37. The van der Waals surface area contributed by atoms with Crippen LogP contribution in [0, 0.1) is 0 Å². The van der Waals surface area contributed by atoms with Gasteiger partial charge in [0.15, 0.2) is 0 Å². The first kappa shape index (κ1) is 12.3. The second-order valence-electron chi connectivity index (χ2n) is 4.50. The molecule has 1 N–H and O–H groups in total. The Morgan fingerprint density at radius 2 is 1.85 bits per heavy atom. The molecule has 3 rings (SSSR count). The number of aryl methyl sites for hydroxylation is 1. The van der Waals surface area contributed by atoms with Crippen molar-refractivity contribution in [2.75, 3.05) is 0 Å². The van der Waals surface area contributed by atoms with Crippen LogP contribution >= 0.6 is 0 Å². The van der Waals surface area contributed by atoms with E-state index >= 15 is 0 Å². The van der Waals surface area contributed by atoms with Gasteiger partial charge in [0, 0.05) is 24.9 Å². The van der Waals surface area contributed by atoms with Crippen LogP contribution in [0.4, 0.5) is 0 Å². The lowest BCUT2D eigenvalue weighted by Gasteiger charge is -2.06. The second-order valence-corrected chi connectivity index (χ2v) is 4.50. The summed E-state index contributed by atoms with van der Waals surface area (Å²) in [6.07, 6.45) is 2.24. The normalized spacial score (nSPS) is 10.8. The molecule has 0 unspecified atom stereocenters. The summed E-state index contributed by atoms with van der Waals surface area (Å²) in [4.78, 5) is 31.2. The molecule has 2 aromatic heterocycles. The van der Waals surface area contributed by atoms with Crippen LogP contribution in [-0.4, -0.2) is 14.5 Å². The number of para-hydroxylation sites is 1. The Morgan fingerprint density at radius 3 is 2.65 bits per heavy atom. The van der Waals surface area contributed by atoms with Gasteiger partial charge in [0.2, 0.25) is 0 Å². The highest BCUT2D eigenvalue weighted by Crippen LogP contribution is 2.03. The lowest BCUT2D eigenvalue weighted by Crippen LogP contribution is -2.35. The van der Waals surface area contributed by atoms with Crippen molar-refractivity contribution in [3.8, 4) is 0 Å². The lowest BCUT2D eigenvalue weighted by molar-refractivity contribution is 0.629. The third-order valence-electron chi connectivity index (χ3n) is 3.21. The average molecular weight is 267 g/mol. The summed E-state index contributed by atoms with van der Waals surface area (Å²) in [5, 5.41) is 0.521. The number of fused-ring (bicyclic) bond motifs is 1. The van der Waals surface area contributed by atoms with Crippen LogP contribution in [0.1, 0.15) is 5.69 Å². The Labute approximate surface area is 114 Å². The minimum Gasteiger partial charge on any atom is -0.307 e. The predicted molar refractivity (Wildman–Crippen MR) is 76.8 cm³/mol. The van der Waals surface area contributed by atoms with Gasteiger partial charge in [-0.15, -0.1) is 0 Å². The molecule has 1 aromatic carbocycles. The number of nitrogens with zero attached hydrogens (tertiary/aromatic N) is 2. The standard InChI is InChI=1S/C15H13N3O2/c19-14-12-6-1-2-7-13(12)17-15(20)18(14)10-8-11-5-3-4-9-16-11/h1-7,9H,8,10H2,(H,17,20). The zero-order chi connectivity index (χ0) is 13.9. The number of benzene rings is 1. The second kappa shape index (κ2) is 5.13. The molecule has 0 fully saturated rings. The Balaban J connectivity index is 2.00. The zero-order valence-electron chi connectivity index (χ0n) is 10.7. The summed E-state index contributed by atoms with van der Waals surface area (Å²) >= 11 is 0. The van der Waals surface area contributed by atoms with Gasteiger partial charge in [-0.25, -0.2) is 4.79 Å². The lowest BCUT2D eigenvalue weighted by atomic mass is 10.2. The van der Waals surface area contributed by atoms with Gasteiger partial charge in [-0.1, -0.05) is 18.2 Å². The van der Waals surface area contributed by atoms with Crippen molar-refractivity contribution < 1.29 is 0 Å². The Hall–Kier alpha value is -2.69. The van der Waals surface area contributed by atoms with Gasteiger partial charge in [0.25, 0.3) is 5.56 Å². The van der Waals surface area contributed by atoms with Crippen LogP contribution in [0.5, 0.6) is 0 Å². The zero-order valence-corrected chi connectivity index (χ0v) is 10.7. The number of hydrogen-bond acceptors (Lipinski definition) is 3. The first-order chi connectivity index (χ1) is 9.75. The molecule has 5 heteroatoms. The van der Waals surface area contributed by atoms with Crippen LogP contribution in [0.15, 0.2) is 58.3 Å². The quantitative estimate of drug-likeness (QED) is 0.778. The number of hydrogen-bond donors (Lipinski definition) is 1. The van der Waals surface area contributed by atoms with Crippen molar-refractivity contribution in [2.45, 2.75) is 13.0 Å². The molecule has 2 heterocycles. The third-order valence-corrected chi connectivity index (χ3v) is 3.21. The number of aromatic amines is 1. The van der Waals surface area contributed by atoms with E-state index in [1.54, 1.807) is 30.5 Å². The summed E-state index contributed by atoms with van der Waals surface area (Å²) in [6.45, 7) is 0.315. The fraction of sp³-hybridized carbons (Fsp3) is 0.133. The molecule has 5 nitrogen and oxygen atoms in total. The van der Waals surface area contributed by atoms with Crippen LogP contribution < -0.4 is 11.2 Å². The largest absolute Gasteiger partial charge is 0.328 e. The monoisotopic (exact) mass is 267 g/mol. The van der Waals surface area contributed by atoms with E-state index in [2.05, 4.69) is 9.97 Å². The smallest absolute Gasteiger partial charge is 0.307 e. The molecule has 100 valence electrons. The van der Waals surface area contributed by atoms with Gasteiger partial charge in [-0.05, 0) is 24.3 Å². The Bertz CT molecular complexity index is 850. The van der Waals surface area contributed by atoms with Crippen molar-refractivity contribution >= 4 is 10.9 Å². The maximum Gasteiger partial charge on any atom is 0.328 e. The molecule has 0 atom stereocenters. The maximum atomic E-state index is 12.3. The summed E-state index contributed by atoms with van der Waals surface area (Å²) in [5.74, 6) is 0. The number of aromatic nitrogens is 3. The van der Waals surface area contributed by atoms with Crippen molar-refractivity contribution in [3.05, 3.63) is 75.2 Å². The first-order valence-electron chi connectivity index (χ1n) is 6.37. The summed E-state index contributed by atoms with van der Waals surface area (Å²) in [6, 6.07) is 12.6. The molecule has 0 saturated heterocycles. The van der Waals surface area contributed by atoms with E-state index in [0.29, 0.717) is 23.9 Å². The van der Waals surface area contributed by atoms with E-state index in [1.807, 2.05) is 18.2 Å². The Kier molecular flexibility index (Phi) is 3.16. The van der Waals surface area contributed by atoms with Crippen molar-refractivity contribution in [2.24, 2.45) is 0 Å². The molecule has 20 heavy (non-hydrogen) atoms. The number of rotatable bonds is 3. The van der Waals surface area contributed by atoms with Crippen LogP contribution in [-0.2, 0) is 13.0 Å². The molecule has 0 aliphatic heterocycles. The van der Waals surface area contributed by atoms with E-state index in [1.165, 1.54) is 4.57 Å². The highest BCUT2D eigenvalue weighted by molar-refractivity contribution is 5.76. The Morgan fingerprint density at radius 1 is 1.05 bits per heavy atom. The minimum absolute atomic E-state index is 0.264. The molecular formula is C15H13N3O2. The fourth-order valence-electron chi connectivity index (χ4n) is 2.17. The minimum atomic E-state index is -0.385. The molecule has 0 amide bonds. The van der Waals surface area contributed by atoms with E-state index in [0.717, 1.165) is 5.69 Å². The van der Waals surface area contributed by atoms with E-state index in [4.69, 9.17) is 0 Å². The van der Waals surface area contributed by atoms with E-state index < -0.39 is 0 Å². The third kappa shape index (κ3) is 2.25. The molecule has 0 radical (unpaired) electrons. The van der Waals surface area contributed by atoms with Crippen molar-refractivity contribution in [1.82, 2.24) is 14.5 Å². The molecule has 0 saturated carbocycles. The van der Waals surface area contributed by atoms with E-state index in [9.17, 15) is 9.59 Å². The summed E-state index contributed by atoms with van der Waals surface area (Å²) in [5.41, 5.74) is 0.772. The van der Waals surface area contributed by atoms with Crippen LogP contribution in [0.3, 0.4) is 0 Å². The van der Waals surface area contributed by atoms with Crippen molar-refractivity contribution in [3.63, 3.8) is 0 Å². The van der Waals surface area contributed by atoms with Crippen LogP contribution in [0.25, 0.3) is 10.9 Å². The van der Waals surface area contributed by atoms with Gasteiger partial charge < -0.3 is 4.98 Å². The van der Waals surface area contributed by atoms with Crippen molar-refractivity contribution in [1.29, 1.82) is 0 Å². The molecule has 0 aliphatic carbocycles. The van der Waals surface area contributed by atoms with Gasteiger partial charge >= 0.3 is 5.69 Å². The highest BCUT2D eigenvalue weighted by atomic mass is 16.2. The van der Waals surface area contributed by atoms with Crippen LogP contribution in [0.2, 0.25) is 0 Å². The van der Waals surface area contributed by atoms with Gasteiger partial charge in [-0.2, -0.15) is 0 Å². The molecule has 0 bridgehead atoms. The van der Waals surface area contributed by atoms with Gasteiger partial charge in [-0.3, -0.25) is 14.3 Å². The molecule has 0 spiro atoms. The topological polar surface area (TPSA) is 67.8 Å². The van der Waals surface area contributed by atoms with Gasteiger partial charge in [0.1, 0.15) is 0 Å². The number of H-pyrrole nitrogens is 1. The fourth-order valence-corrected chi connectivity index (χ4v) is 2.17. The summed E-state index contributed by atoms with van der Waals surface area (Å²) in [7, 11) is 0. The summed E-state index contributed by atoms with van der Waals surface area (Å²) < 4.78 is 1.22. The number of nitrogens with one attached hydrogen (secondary N) is 1.